The van der Waals surface area contributed by atoms with Crippen molar-refractivity contribution in [2.75, 3.05) is 32.8 Å². The van der Waals surface area contributed by atoms with Gasteiger partial charge in [0.1, 0.15) is 5.82 Å². The van der Waals surface area contributed by atoms with Crippen LogP contribution in [0.15, 0.2) is 18.2 Å². The summed E-state index contributed by atoms with van der Waals surface area (Å²) in [5.74, 6) is -0.332. The molecule has 1 aliphatic rings. The highest BCUT2D eigenvalue weighted by Crippen LogP contribution is 2.39. The molecule has 0 aromatic heterocycles. The van der Waals surface area contributed by atoms with E-state index in [1.165, 1.54) is 12.1 Å². The average molecular weight is 337 g/mol. The van der Waals surface area contributed by atoms with Crippen molar-refractivity contribution in [3.8, 4) is 0 Å². The number of aliphatic hydroxyl groups excluding tert-OH is 1. The molecule has 1 atom stereocenters. The molecule has 3 nitrogen and oxygen atoms in total. The SMILES string of the molecule is CC(C)(CO)[C@@H](c1cc(F)cc(Cl)c1)N1CCNCC1.Cl. The summed E-state index contributed by atoms with van der Waals surface area (Å²) in [6, 6.07) is 4.58. The van der Waals surface area contributed by atoms with E-state index in [-0.39, 0.29) is 36.3 Å². The minimum absolute atomic E-state index is 0. The van der Waals surface area contributed by atoms with Gasteiger partial charge in [-0.3, -0.25) is 4.90 Å². The van der Waals surface area contributed by atoms with E-state index >= 15 is 0 Å². The van der Waals surface area contributed by atoms with Crippen LogP contribution in [0.4, 0.5) is 4.39 Å². The van der Waals surface area contributed by atoms with Crippen molar-refractivity contribution in [1.82, 2.24) is 10.2 Å². The maximum absolute atomic E-state index is 13.7. The zero-order valence-corrected chi connectivity index (χ0v) is 14.0. The predicted octanol–water partition coefficient (Wildman–Crippen LogP) is 2.87. The number of nitrogens with zero attached hydrogens (tertiary/aromatic N) is 1. The Bertz CT molecular complexity index is 445. The second kappa shape index (κ2) is 7.75. The lowest BCUT2D eigenvalue weighted by Crippen LogP contribution is -2.49. The molecule has 0 amide bonds. The van der Waals surface area contributed by atoms with Gasteiger partial charge in [0.25, 0.3) is 0 Å². The molecule has 0 unspecified atom stereocenters. The quantitative estimate of drug-likeness (QED) is 0.887. The van der Waals surface area contributed by atoms with Gasteiger partial charge in [0.2, 0.25) is 0 Å². The predicted molar refractivity (Wildman–Crippen MR) is 86.7 cm³/mol. The Morgan fingerprint density at radius 1 is 1.33 bits per heavy atom. The van der Waals surface area contributed by atoms with E-state index in [4.69, 9.17) is 11.6 Å². The Labute approximate surface area is 136 Å². The van der Waals surface area contributed by atoms with Gasteiger partial charge in [-0.25, -0.2) is 4.39 Å². The molecule has 0 bridgehead atoms. The first-order valence-corrected chi connectivity index (χ1v) is 7.33. The molecule has 21 heavy (non-hydrogen) atoms. The lowest BCUT2D eigenvalue weighted by atomic mass is 9.79. The first-order valence-electron chi connectivity index (χ1n) is 6.95. The van der Waals surface area contributed by atoms with Crippen molar-refractivity contribution in [3.63, 3.8) is 0 Å². The fourth-order valence-corrected chi connectivity index (χ4v) is 3.15. The maximum Gasteiger partial charge on any atom is 0.125 e. The topological polar surface area (TPSA) is 35.5 Å². The Morgan fingerprint density at radius 3 is 2.48 bits per heavy atom. The minimum Gasteiger partial charge on any atom is -0.396 e. The fourth-order valence-electron chi connectivity index (χ4n) is 2.92. The number of hydrogen-bond donors (Lipinski definition) is 2. The van der Waals surface area contributed by atoms with Gasteiger partial charge in [0.15, 0.2) is 0 Å². The van der Waals surface area contributed by atoms with Crippen molar-refractivity contribution >= 4 is 24.0 Å². The van der Waals surface area contributed by atoms with E-state index in [9.17, 15) is 9.50 Å². The maximum atomic E-state index is 13.7. The van der Waals surface area contributed by atoms with Crippen LogP contribution in [-0.4, -0.2) is 42.8 Å². The van der Waals surface area contributed by atoms with Crippen molar-refractivity contribution in [3.05, 3.63) is 34.6 Å². The van der Waals surface area contributed by atoms with Gasteiger partial charge in [-0.15, -0.1) is 12.4 Å². The minimum atomic E-state index is -0.367. The molecule has 1 aromatic rings. The van der Waals surface area contributed by atoms with E-state index in [2.05, 4.69) is 10.2 Å². The number of aliphatic hydroxyl groups is 1. The summed E-state index contributed by atoms with van der Waals surface area (Å²) < 4.78 is 13.7. The molecule has 120 valence electrons. The number of halogens is 3. The molecule has 0 spiro atoms. The van der Waals surface area contributed by atoms with Crippen molar-refractivity contribution in [1.29, 1.82) is 0 Å². The summed E-state index contributed by atoms with van der Waals surface area (Å²) in [6.07, 6.45) is 0. The third kappa shape index (κ3) is 4.54. The Hall–Kier alpha value is -0.390. The van der Waals surface area contributed by atoms with Crippen molar-refractivity contribution in [2.24, 2.45) is 5.41 Å². The highest BCUT2D eigenvalue weighted by atomic mass is 35.5. The van der Waals surface area contributed by atoms with Crippen LogP contribution in [0.2, 0.25) is 5.02 Å². The van der Waals surface area contributed by atoms with Gasteiger partial charge in [0.05, 0.1) is 0 Å². The summed E-state index contributed by atoms with van der Waals surface area (Å²) in [5.41, 5.74) is 0.463. The van der Waals surface area contributed by atoms with E-state index in [1.54, 1.807) is 6.07 Å². The Morgan fingerprint density at radius 2 is 1.95 bits per heavy atom. The van der Waals surface area contributed by atoms with E-state index in [1.807, 2.05) is 13.8 Å². The molecule has 1 aromatic carbocycles. The summed E-state index contributed by atoms with van der Waals surface area (Å²) in [7, 11) is 0. The highest BCUT2D eigenvalue weighted by Gasteiger charge is 2.35. The number of benzene rings is 1. The largest absolute Gasteiger partial charge is 0.396 e. The summed E-state index contributed by atoms with van der Waals surface area (Å²) in [4.78, 5) is 2.29. The molecule has 2 rings (SSSR count). The smallest absolute Gasteiger partial charge is 0.125 e. The zero-order chi connectivity index (χ0) is 14.8. The van der Waals surface area contributed by atoms with Gasteiger partial charge < -0.3 is 10.4 Å². The van der Waals surface area contributed by atoms with Crippen LogP contribution >= 0.6 is 24.0 Å². The lowest BCUT2D eigenvalue weighted by Gasteiger charge is -2.43. The summed E-state index contributed by atoms with van der Waals surface area (Å²) in [6.45, 7) is 7.60. The van der Waals surface area contributed by atoms with Crippen LogP contribution in [0, 0.1) is 11.2 Å². The Kier molecular flexibility index (Phi) is 6.88. The number of nitrogens with one attached hydrogen (secondary N) is 1. The summed E-state index contributed by atoms with van der Waals surface area (Å²) >= 11 is 5.99. The fraction of sp³-hybridized carbons (Fsp3) is 0.600. The first-order chi connectivity index (χ1) is 9.44. The van der Waals surface area contributed by atoms with Gasteiger partial charge in [0, 0.05) is 49.3 Å². The van der Waals surface area contributed by atoms with E-state index in [0.29, 0.717) is 5.02 Å². The van der Waals surface area contributed by atoms with Gasteiger partial charge in [-0.2, -0.15) is 0 Å². The second-order valence-electron chi connectivity index (χ2n) is 6.04. The summed E-state index contributed by atoms with van der Waals surface area (Å²) in [5, 5.41) is 13.4. The van der Waals surface area contributed by atoms with E-state index in [0.717, 1.165) is 31.7 Å². The number of rotatable bonds is 4. The van der Waals surface area contributed by atoms with Crippen LogP contribution < -0.4 is 5.32 Å². The normalized spacial score (nSPS) is 18.1. The zero-order valence-electron chi connectivity index (χ0n) is 12.4. The average Bonchev–Trinajstić information content (AvgIpc) is 2.39. The molecular weight excluding hydrogens is 314 g/mol. The third-order valence-corrected chi connectivity index (χ3v) is 4.08. The molecule has 1 aliphatic heterocycles. The monoisotopic (exact) mass is 336 g/mol. The highest BCUT2D eigenvalue weighted by molar-refractivity contribution is 6.30. The van der Waals surface area contributed by atoms with Crippen LogP contribution in [-0.2, 0) is 0 Å². The molecule has 2 N–H and O–H groups in total. The standard InChI is InChI=1S/C15H22ClFN2O.ClH/c1-15(2,10-20)14(19-5-3-18-4-6-19)11-7-12(16)9-13(17)8-11;/h7-9,14,18,20H,3-6,10H2,1-2H3;1H/t14-;/m1./s1. The molecule has 1 heterocycles. The first kappa shape index (κ1) is 18.7. The number of piperazine rings is 1. The van der Waals surface area contributed by atoms with Crippen LogP contribution in [0.5, 0.6) is 0 Å². The van der Waals surface area contributed by atoms with Gasteiger partial charge in [-0.1, -0.05) is 25.4 Å². The van der Waals surface area contributed by atoms with Crippen LogP contribution in [0.1, 0.15) is 25.5 Å². The van der Waals surface area contributed by atoms with E-state index < -0.39 is 0 Å². The molecule has 1 fully saturated rings. The van der Waals surface area contributed by atoms with Crippen molar-refractivity contribution in [2.45, 2.75) is 19.9 Å². The van der Waals surface area contributed by atoms with Gasteiger partial charge >= 0.3 is 0 Å². The Balaban J connectivity index is 0.00000220. The third-order valence-electron chi connectivity index (χ3n) is 3.87. The molecule has 0 saturated carbocycles. The molecule has 1 saturated heterocycles. The lowest BCUT2D eigenvalue weighted by molar-refractivity contribution is 0.0304. The van der Waals surface area contributed by atoms with Gasteiger partial charge in [-0.05, 0) is 23.8 Å². The molecule has 6 heteroatoms. The molecule has 0 radical (unpaired) electrons. The van der Waals surface area contributed by atoms with Crippen LogP contribution in [0.3, 0.4) is 0 Å². The number of hydrogen-bond acceptors (Lipinski definition) is 3. The second-order valence-corrected chi connectivity index (χ2v) is 6.47. The van der Waals surface area contributed by atoms with Crippen molar-refractivity contribution < 1.29 is 9.50 Å². The van der Waals surface area contributed by atoms with Crippen LogP contribution in [0.25, 0.3) is 0 Å². The molecular formula is C15H23Cl2FN2O. The molecule has 0 aliphatic carbocycles.